The fourth-order valence-electron chi connectivity index (χ4n) is 1.04. The van der Waals surface area contributed by atoms with Crippen LogP contribution < -0.4 is 0 Å². The van der Waals surface area contributed by atoms with Crippen molar-refractivity contribution in [2.24, 2.45) is 0 Å². The first-order valence-electron chi connectivity index (χ1n) is 3.97. The van der Waals surface area contributed by atoms with E-state index in [1.807, 2.05) is 6.07 Å². The first-order valence-corrected chi connectivity index (χ1v) is 3.97. The van der Waals surface area contributed by atoms with E-state index in [1.54, 1.807) is 24.3 Å². The molecule has 0 saturated carbocycles. The molecule has 0 heterocycles. The van der Waals surface area contributed by atoms with Crippen LogP contribution in [0.25, 0.3) is 0 Å². The summed E-state index contributed by atoms with van der Waals surface area (Å²) in [5.74, 6) is 0. The van der Waals surface area contributed by atoms with Gasteiger partial charge in [-0.3, -0.25) is 0 Å². The Morgan fingerprint density at radius 1 is 1.38 bits per heavy atom. The number of halogens is 1. The van der Waals surface area contributed by atoms with Gasteiger partial charge in [0, 0.05) is 0 Å². The van der Waals surface area contributed by atoms with Gasteiger partial charge in [0.2, 0.25) is 0 Å². The number of nitriles is 1. The second kappa shape index (κ2) is 4.58. The van der Waals surface area contributed by atoms with Crippen LogP contribution in [0.15, 0.2) is 24.3 Å². The van der Waals surface area contributed by atoms with E-state index >= 15 is 0 Å². The molecular formula is C10H10FNO. The standard InChI is InChI=1S/C10H10FNO/c11-7-10(13)9-3-1-8(2-4-9)5-6-12/h1-4,10,13H,5,7H2. The Morgan fingerprint density at radius 2 is 2.00 bits per heavy atom. The van der Waals surface area contributed by atoms with E-state index in [-0.39, 0.29) is 0 Å². The molecule has 0 fully saturated rings. The van der Waals surface area contributed by atoms with Crippen molar-refractivity contribution >= 4 is 0 Å². The zero-order chi connectivity index (χ0) is 9.68. The van der Waals surface area contributed by atoms with E-state index in [2.05, 4.69) is 0 Å². The summed E-state index contributed by atoms with van der Waals surface area (Å²) in [5.41, 5.74) is 1.42. The number of rotatable bonds is 3. The monoisotopic (exact) mass is 179 g/mol. The van der Waals surface area contributed by atoms with Gasteiger partial charge in [0.15, 0.2) is 0 Å². The highest BCUT2D eigenvalue weighted by atomic mass is 19.1. The smallest absolute Gasteiger partial charge is 0.119 e. The molecule has 0 aliphatic heterocycles. The topological polar surface area (TPSA) is 44.0 Å². The number of aliphatic hydroxyl groups excluding tert-OH is 1. The van der Waals surface area contributed by atoms with Crippen molar-refractivity contribution < 1.29 is 9.50 Å². The predicted octanol–water partition coefficient (Wildman–Crippen LogP) is 1.76. The quantitative estimate of drug-likeness (QED) is 0.768. The van der Waals surface area contributed by atoms with E-state index < -0.39 is 12.8 Å². The number of nitrogens with zero attached hydrogens (tertiary/aromatic N) is 1. The van der Waals surface area contributed by atoms with Gasteiger partial charge < -0.3 is 5.11 Å². The van der Waals surface area contributed by atoms with Crippen molar-refractivity contribution in [2.75, 3.05) is 6.67 Å². The van der Waals surface area contributed by atoms with Gasteiger partial charge in [0.1, 0.15) is 12.8 Å². The maximum Gasteiger partial charge on any atom is 0.119 e. The van der Waals surface area contributed by atoms with Crippen LogP contribution in [0, 0.1) is 11.3 Å². The van der Waals surface area contributed by atoms with Gasteiger partial charge >= 0.3 is 0 Å². The van der Waals surface area contributed by atoms with Gasteiger partial charge in [-0.25, -0.2) is 4.39 Å². The average molecular weight is 179 g/mol. The molecule has 1 aromatic carbocycles. The Balaban J connectivity index is 2.76. The molecule has 0 radical (unpaired) electrons. The van der Waals surface area contributed by atoms with Crippen molar-refractivity contribution in [3.63, 3.8) is 0 Å². The number of hydrogen-bond acceptors (Lipinski definition) is 2. The lowest BCUT2D eigenvalue weighted by molar-refractivity contribution is 0.142. The van der Waals surface area contributed by atoms with Gasteiger partial charge in [0.05, 0.1) is 12.5 Å². The zero-order valence-corrected chi connectivity index (χ0v) is 7.07. The Hall–Kier alpha value is -1.40. The number of benzene rings is 1. The first-order chi connectivity index (χ1) is 6.27. The lowest BCUT2D eigenvalue weighted by Gasteiger charge is -2.05. The predicted molar refractivity (Wildman–Crippen MR) is 46.7 cm³/mol. The summed E-state index contributed by atoms with van der Waals surface area (Å²) in [4.78, 5) is 0. The molecular weight excluding hydrogens is 169 g/mol. The summed E-state index contributed by atoms with van der Waals surface area (Å²) in [5, 5.41) is 17.5. The molecule has 0 aliphatic carbocycles. The summed E-state index contributed by atoms with van der Waals surface area (Å²) in [7, 11) is 0. The van der Waals surface area contributed by atoms with Crippen LogP contribution >= 0.6 is 0 Å². The molecule has 1 N–H and O–H groups in total. The molecule has 1 atom stereocenters. The van der Waals surface area contributed by atoms with E-state index in [4.69, 9.17) is 10.4 Å². The Morgan fingerprint density at radius 3 is 2.46 bits per heavy atom. The van der Waals surface area contributed by atoms with Crippen molar-refractivity contribution in [1.82, 2.24) is 0 Å². The van der Waals surface area contributed by atoms with Gasteiger partial charge in [-0.1, -0.05) is 24.3 Å². The van der Waals surface area contributed by atoms with Crippen LogP contribution in [0.2, 0.25) is 0 Å². The minimum absolute atomic E-state index is 0.339. The fraction of sp³-hybridized carbons (Fsp3) is 0.300. The van der Waals surface area contributed by atoms with E-state index in [9.17, 15) is 4.39 Å². The summed E-state index contributed by atoms with van der Waals surface area (Å²) in [6.07, 6.45) is -0.706. The van der Waals surface area contributed by atoms with Crippen molar-refractivity contribution in [2.45, 2.75) is 12.5 Å². The molecule has 13 heavy (non-hydrogen) atoms. The van der Waals surface area contributed by atoms with Crippen molar-refractivity contribution in [3.05, 3.63) is 35.4 Å². The van der Waals surface area contributed by atoms with Gasteiger partial charge in [-0.05, 0) is 11.1 Å². The third-order valence-corrected chi connectivity index (χ3v) is 1.79. The minimum Gasteiger partial charge on any atom is -0.386 e. The summed E-state index contributed by atoms with van der Waals surface area (Å²) in [6, 6.07) is 8.72. The van der Waals surface area contributed by atoms with Crippen LogP contribution in [0.3, 0.4) is 0 Å². The molecule has 0 aromatic heterocycles. The highest BCUT2D eigenvalue weighted by Gasteiger charge is 2.05. The second-order valence-corrected chi connectivity index (χ2v) is 2.75. The average Bonchev–Trinajstić information content (AvgIpc) is 2.18. The fourth-order valence-corrected chi connectivity index (χ4v) is 1.04. The Labute approximate surface area is 76.2 Å². The number of hydrogen-bond donors (Lipinski definition) is 1. The van der Waals surface area contributed by atoms with E-state index in [1.165, 1.54) is 0 Å². The third kappa shape index (κ3) is 2.53. The zero-order valence-electron chi connectivity index (χ0n) is 7.07. The molecule has 0 spiro atoms. The molecule has 0 bridgehead atoms. The van der Waals surface area contributed by atoms with Crippen molar-refractivity contribution in [3.8, 4) is 6.07 Å². The molecule has 0 saturated heterocycles. The van der Waals surface area contributed by atoms with Crippen LogP contribution in [0.4, 0.5) is 4.39 Å². The highest BCUT2D eigenvalue weighted by molar-refractivity contribution is 5.25. The molecule has 2 nitrogen and oxygen atoms in total. The molecule has 1 aromatic rings. The highest BCUT2D eigenvalue weighted by Crippen LogP contribution is 2.14. The second-order valence-electron chi connectivity index (χ2n) is 2.75. The maximum atomic E-state index is 12.0. The maximum absolute atomic E-state index is 12.0. The van der Waals surface area contributed by atoms with Crippen LogP contribution in [-0.4, -0.2) is 11.8 Å². The molecule has 0 aliphatic rings. The molecule has 0 amide bonds. The number of aliphatic hydroxyl groups is 1. The minimum atomic E-state index is -1.05. The van der Waals surface area contributed by atoms with Gasteiger partial charge in [-0.15, -0.1) is 0 Å². The lowest BCUT2D eigenvalue weighted by atomic mass is 10.1. The van der Waals surface area contributed by atoms with Gasteiger partial charge in [-0.2, -0.15) is 5.26 Å². The molecule has 1 unspecified atom stereocenters. The van der Waals surface area contributed by atoms with Crippen LogP contribution in [0.1, 0.15) is 17.2 Å². The summed E-state index contributed by atoms with van der Waals surface area (Å²) >= 11 is 0. The summed E-state index contributed by atoms with van der Waals surface area (Å²) < 4.78 is 12.0. The van der Waals surface area contributed by atoms with E-state index in [0.29, 0.717) is 12.0 Å². The lowest BCUT2D eigenvalue weighted by Crippen LogP contribution is -1.98. The van der Waals surface area contributed by atoms with Crippen LogP contribution in [0.5, 0.6) is 0 Å². The molecule has 68 valence electrons. The number of alkyl halides is 1. The van der Waals surface area contributed by atoms with Gasteiger partial charge in [0.25, 0.3) is 0 Å². The molecule has 1 rings (SSSR count). The normalized spacial score (nSPS) is 12.1. The van der Waals surface area contributed by atoms with Crippen LogP contribution in [-0.2, 0) is 6.42 Å². The largest absolute Gasteiger partial charge is 0.386 e. The molecule has 3 heteroatoms. The third-order valence-electron chi connectivity index (χ3n) is 1.79. The van der Waals surface area contributed by atoms with Crippen molar-refractivity contribution in [1.29, 1.82) is 5.26 Å². The SMILES string of the molecule is N#CCc1ccc(C(O)CF)cc1. The summed E-state index contributed by atoms with van der Waals surface area (Å²) in [6.45, 7) is -0.780. The first kappa shape index (κ1) is 9.69. The van der Waals surface area contributed by atoms with E-state index in [0.717, 1.165) is 5.56 Å². The Bertz CT molecular complexity index is 302. The Kier molecular flexibility index (Phi) is 3.41.